The van der Waals surface area contributed by atoms with Crippen LogP contribution < -0.4 is 0 Å². The van der Waals surface area contributed by atoms with Crippen LogP contribution in [-0.4, -0.2) is 53.8 Å². The molecule has 0 aliphatic rings. The maximum atomic E-state index is 12.0. The number of nitrogens with zero attached hydrogens (tertiary/aromatic N) is 3. The molecule has 0 aliphatic heterocycles. The van der Waals surface area contributed by atoms with Crippen LogP contribution in [0.4, 0.5) is 0 Å². The Bertz CT molecular complexity index is 526. The lowest BCUT2D eigenvalue weighted by Crippen LogP contribution is -2.43. The van der Waals surface area contributed by atoms with Gasteiger partial charge in [-0.25, -0.2) is 4.98 Å². The largest absolute Gasteiger partial charge is 0.466 e. The molecule has 0 unspecified atom stereocenters. The van der Waals surface area contributed by atoms with Crippen molar-refractivity contribution >= 4 is 5.97 Å². The summed E-state index contributed by atoms with van der Waals surface area (Å²) in [7, 11) is 6.32. The third-order valence-corrected chi connectivity index (χ3v) is 5.41. The van der Waals surface area contributed by atoms with Crippen LogP contribution in [0.5, 0.6) is 0 Å². The SMILES string of the molecule is CCCCCCCCCCCCOC(=O)CC[N+](C)(C)CCc1cn(C)cn1. The summed E-state index contributed by atoms with van der Waals surface area (Å²) in [6.07, 6.45) is 18.3. The van der Waals surface area contributed by atoms with Crippen LogP contribution in [0.2, 0.25) is 0 Å². The Kier molecular flexibility index (Phi) is 12.9. The van der Waals surface area contributed by atoms with Gasteiger partial charge in [-0.1, -0.05) is 64.7 Å². The monoisotopic (exact) mass is 394 g/mol. The van der Waals surface area contributed by atoms with E-state index in [1.807, 2.05) is 17.9 Å². The van der Waals surface area contributed by atoms with Crippen molar-refractivity contribution in [2.24, 2.45) is 7.05 Å². The highest BCUT2D eigenvalue weighted by Gasteiger charge is 2.18. The Morgan fingerprint density at radius 1 is 1.00 bits per heavy atom. The van der Waals surface area contributed by atoms with Crippen molar-refractivity contribution in [1.82, 2.24) is 9.55 Å². The van der Waals surface area contributed by atoms with Gasteiger partial charge in [-0.15, -0.1) is 0 Å². The second-order valence-corrected chi connectivity index (χ2v) is 8.82. The molecule has 0 aliphatic carbocycles. The molecule has 0 saturated carbocycles. The molecule has 5 nitrogen and oxygen atoms in total. The molecule has 0 saturated heterocycles. The number of ether oxygens (including phenoxy) is 1. The number of likely N-dealkylation sites (N-methyl/N-ethyl adjacent to an activating group) is 1. The molecule has 1 heterocycles. The molecule has 28 heavy (non-hydrogen) atoms. The first-order valence-electron chi connectivity index (χ1n) is 11.4. The van der Waals surface area contributed by atoms with Crippen LogP contribution in [0, 0.1) is 0 Å². The van der Waals surface area contributed by atoms with E-state index in [0.717, 1.165) is 36.1 Å². The number of aryl methyl sites for hydroxylation is 1. The first-order chi connectivity index (χ1) is 13.4. The first-order valence-corrected chi connectivity index (χ1v) is 11.4. The lowest BCUT2D eigenvalue weighted by molar-refractivity contribution is -0.889. The zero-order valence-electron chi connectivity index (χ0n) is 18.9. The summed E-state index contributed by atoms with van der Waals surface area (Å²) < 4.78 is 8.19. The minimum absolute atomic E-state index is 0.0556. The van der Waals surface area contributed by atoms with Gasteiger partial charge in [-0.2, -0.15) is 0 Å². The second kappa shape index (κ2) is 14.6. The molecular weight excluding hydrogens is 350 g/mol. The predicted octanol–water partition coefficient (Wildman–Crippen LogP) is 4.89. The van der Waals surface area contributed by atoms with E-state index in [9.17, 15) is 4.79 Å². The molecule has 0 atom stereocenters. The number of esters is 1. The van der Waals surface area contributed by atoms with Gasteiger partial charge in [0.15, 0.2) is 0 Å². The molecule has 0 bridgehead atoms. The molecule has 162 valence electrons. The normalized spacial score (nSPS) is 11.7. The molecule has 5 heteroatoms. The Morgan fingerprint density at radius 2 is 1.61 bits per heavy atom. The van der Waals surface area contributed by atoms with Crippen molar-refractivity contribution in [1.29, 1.82) is 0 Å². The Balaban J connectivity index is 1.96. The smallest absolute Gasteiger partial charge is 0.311 e. The topological polar surface area (TPSA) is 44.1 Å². The summed E-state index contributed by atoms with van der Waals surface area (Å²) in [5, 5.41) is 0. The number of carbonyl (C=O) groups excluding carboxylic acids is 1. The minimum atomic E-state index is -0.0556. The number of hydrogen-bond donors (Lipinski definition) is 0. The summed E-state index contributed by atoms with van der Waals surface area (Å²) in [4.78, 5) is 16.3. The number of hydrogen-bond acceptors (Lipinski definition) is 3. The predicted molar refractivity (Wildman–Crippen MR) is 116 cm³/mol. The summed E-state index contributed by atoms with van der Waals surface area (Å²) in [6, 6.07) is 0. The van der Waals surface area contributed by atoms with Crippen LogP contribution in [-0.2, 0) is 23.0 Å². The number of rotatable bonds is 17. The van der Waals surface area contributed by atoms with E-state index in [4.69, 9.17) is 4.74 Å². The van der Waals surface area contributed by atoms with E-state index >= 15 is 0 Å². The van der Waals surface area contributed by atoms with Gasteiger partial charge < -0.3 is 13.8 Å². The van der Waals surface area contributed by atoms with Gasteiger partial charge in [0, 0.05) is 19.7 Å². The summed E-state index contributed by atoms with van der Waals surface area (Å²) >= 11 is 0. The van der Waals surface area contributed by atoms with Gasteiger partial charge in [-0.05, 0) is 6.42 Å². The standard InChI is InChI=1S/C23H44N3O2/c1-5-6-7-8-9-10-11-12-13-14-19-28-23(27)16-18-26(3,4)17-15-22-20-25(2)21-24-22/h20-21H,5-19H2,1-4H3/q+1. The first kappa shape index (κ1) is 24.7. The van der Waals surface area contributed by atoms with Crippen molar-refractivity contribution in [3.05, 3.63) is 18.2 Å². The maximum absolute atomic E-state index is 12.0. The number of aromatic nitrogens is 2. The number of carbonyl (C=O) groups is 1. The molecule has 0 fully saturated rings. The summed E-state index contributed by atoms with van der Waals surface area (Å²) in [5.74, 6) is -0.0556. The van der Waals surface area contributed by atoms with Gasteiger partial charge in [0.05, 0.1) is 52.2 Å². The molecule has 1 rings (SSSR count). The number of imidazole rings is 1. The molecular formula is C23H44N3O2+. The fourth-order valence-corrected chi connectivity index (χ4v) is 3.37. The highest BCUT2D eigenvalue weighted by atomic mass is 16.5. The van der Waals surface area contributed by atoms with E-state index in [2.05, 4.69) is 32.2 Å². The lowest BCUT2D eigenvalue weighted by Gasteiger charge is -2.29. The lowest BCUT2D eigenvalue weighted by atomic mass is 10.1. The summed E-state index contributed by atoms with van der Waals surface area (Å²) in [5.41, 5.74) is 1.11. The van der Waals surface area contributed by atoms with Crippen LogP contribution in [0.25, 0.3) is 0 Å². The fourth-order valence-electron chi connectivity index (χ4n) is 3.37. The highest BCUT2D eigenvalue weighted by Crippen LogP contribution is 2.11. The molecule has 0 N–H and O–H groups in total. The van der Waals surface area contributed by atoms with Crippen LogP contribution >= 0.6 is 0 Å². The number of quaternary nitrogens is 1. The molecule has 0 aromatic carbocycles. The fraction of sp³-hybridized carbons (Fsp3) is 0.826. The maximum Gasteiger partial charge on any atom is 0.311 e. The van der Waals surface area contributed by atoms with E-state index < -0.39 is 0 Å². The Labute approximate surface area is 173 Å². The van der Waals surface area contributed by atoms with Gasteiger partial charge in [0.25, 0.3) is 0 Å². The van der Waals surface area contributed by atoms with Gasteiger partial charge in [0.1, 0.15) is 0 Å². The van der Waals surface area contributed by atoms with Crippen molar-refractivity contribution in [3.63, 3.8) is 0 Å². The molecule has 0 spiro atoms. The van der Waals surface area contributed by atoms with Crippen LogP contribution in [0.15, 0.2) is 12.5 Å². The molecule has 0 amide bonds. The zero-order chi connectivity index (χ0) is 20.7. The van der Waals surface area contributed by atoms with Crippen molar-refractivity contribution in [2.45, 2.75) is 84.0 Å². The highest BCUT2D eigenvalue weighted by molar-refractivity contribution is 5.69. The third kappa shape index (κ3) is 12.9. The van der Waals surface area contributed by atoms with Crippen LogP contribution in [0.1, 0.15) is 83.2 Å². The zero-order valence-corrected chi connectivity index (χ0v) is 18.9. The van der Waals surface area contributed by atoms with Gasteiger partial charge in [-0.3, -0.25) is 4.79 Å². The third-order valence-electron chi connectivity index (χ3n) is 5.41. The van der Waals surface area contributed by atoms with Crippen LogP contribution in [0.3, 0.4) is 0 Å². The molecule has 1 aromatic heterocycles. The minimum Gasteiger partial charge on any atom is -0.466 e. The van der Waals surface area contributed by atoms with Crippen molar-refractivity contribution < 1.29 is 14.0 Å². The van der Waals surface area contributed by atoms with Crippen molar-refractivity contribution in [2.75, 3.05) is 33.8 Å². The Morgan fingerprint density at radius 3 is 2.18 bits per heavy atom. The van der Waals surface area contributed by atoms with E-state index in [0.29, 0.717) is 13.0 Å². The van der Waals surface area contributed by atoms with Crippen molar-refractivity contribution in [3.8, 4) is 0 Å². The van der Waals surface area contributed by atoms with Gasteiger partial charge in [0.2, 0.25) is 0 Å². The van der Waals surface area contributed by atoms with E-state index in [-0.39, 0.29) is 5.97 Å². The Hall–Kier alpha value is -1.36. The molecule has 0 radical (unpaired) electrons. The number of unbranched alkanes of at least 4 members (excludes halogenated alkanes) is 9. The summed E-state index contributed by atoms with van der Waals surface area (Å²) in [6.45, 7) is 4.62. The average Bonchev–Trinajstić information content (AvgIpc) is 3.08. The second-order valence-electron chi connectivity index (χ2n) is 8.82. The van der Waals surface area contributed by atoms with E-state index in [1.54, 1.807) is 0 Å². The average molecular weight is 395 g/mol. The quantitative estimate of drug-likeness (QED) is 0.215. The van der Waals surface area contributed by atoms with Gasteiger partial charge >= 0.3 is 5.97 Å². The molecule has 1 aromatic rings. The van der Waals surface area contributed by atoms with E-state index in [1.165, 1.54) is 57.8 Å².